The number of aromatic hydroxyl groups is 1. The number of rotatable bonds is 4. The molecule has 0 saturated carbocycles. The normalized spacial score (nSPS) is 10.6. The summed E-state index contributed by atoms with van der Waals surface area (Å²) in [6.45, 7) is 0. The van der Waals surface area contributed by atoms with Crippen LogP contribution in [0.2, 0.25) is 5.02 Å². The summed E-state index contributed by atoms with van der Waals surface area (Å²) >= 11 is 6.14. The van der Waals surface area contributed by atoms with Crippen LogP contribution in [0.5, 0.6) is 5.75 Å². The number of carboxylic acids is 1. The molecule has 0 fully saturated rings. The molecule has 0 bridgehead atoms. The molecule has 136 valence electrons. The number of nitro benzene ring substituents is 1. The number of carbonyl (C=O) groups excluding carboxylic acids is 1. The van der Waals surface area contributed by atoms with Gasteiger partial charge in [0.15, 0.2) is 0 Å². The van der Waals surface area contributed by atoms with Gasteiger partial charge in [0.1, 0.15) is 5.75 Å². The highest BCUT2D eigenvalue weighted by Crippen LogP contribution is 2.30. The van der Waals surface area contributed by atoms with Gasteiger partial charge in [0.05, 0.1) is 21.1 Å². The second-order valence-electron chi connectivity index (χ2n) is 5.46. The number of pyridine rings is 1. The van der Waals surface area contributed by atoms with E-state index in [0.717, 1.165) is 24.4 Å². The van der Waals surface area contributed by atoms with Crippen LogP contribution < -0.4 is 5.32 Å². The van der Waals surface area contributed by atoms with Crippen LogP contribution in [0.1, 0.15) is 20.7 Å². The lowest BCUT2D eigenvalue weighted by atomic mass is 10.1. The topological polar surface area (TPSA) is 143 Å². The van der Waals surface area contributed by atoms with Crippen molar-refractivity contribution in [2.45, 2.75) is 0 Å². The summed E-state index contributed by atoms with van der Waals surface area (Å²) in [5.41, 5.74) is -0.636. The number of hydrogen-bond donors (Lipinski definition) is 3. The first-order valence-electron chi connectivity index (χ1n) is 7.37. The third kappa shape index (κ3) is 3.48. The average molecular weight is 388 g/mol. The molecule has 10 heteroatoms. The van der Waals surface area contributed by atoms with E-state index in [0.29, 0.717) is 5.39 Å². The van der Waals surface area contributed by atoms with Gasteiger partial charge in [-0.25, -0.2) is 4.79 Å². The Kier molecular flexibility index (Phi) is 4.61. The number of aromatic carboxylic acids is 1. The van der Waals surface area contributed by atoms with Crippen molar-refractivity contribution in [1.29, 1.82) is 0 Å². The number of nitro groups is 1. The molecule has 0 aliphatic carbocycles. The van der Waals surface area contributed by atoms with E-state index in [4.69, 9.17) is 11.6 Å². The number of nitrogens with zero attached hydrogens (tertiary/aromatic N) is 2. The van der Waals surface area contributed by atoms with Crippen LogP contribution in [-0.2, 0) is 0 Å². The molecule has 27 heavy (non-hydrogen) atoms. The van der Waals surface area contributed by atoms with Gasteiger partial charge in [-0.3, -0.25) is 19.9 Å². The molecule has 1 amide bonds. The fourth-order valence-corrected chi connectivity index (χ4v) is 2.76. The van der Waals surface area contributed by atoms with Crippen LogP contribution in [-0.4, -0.2) is 32.0 Å². The predicted octanol–water partition coefficient (Wildman–Crippen LogP) is 3.45. The molecule has 2 aromatic carbocycles. The monoisotopic (exact) mass is 387 g/mol. The highest BCUT2D eigenvalue weighted by atomic mass is 35.5. The highest BCUT2D eigenvalue weighted by molar-refractivity contribution is 6.36. The van der Waals surface area contributed by atoms with Crippen LogP contribution in [0.25, 0.3) is 10.8 Å². The molecule has 0 spiro atoms. The fourth-order valence-electron chi connectivity index (χ4n) is 2.49. The quantitative estimate of drug-likeness (QED) is 0.459. The van der Waals surface area contributed by atoms with Gasteiger partial charge >= 0.3 is 5.97 Å². The number of anilines is 1. The zero-order valence-electron chi connectivity index (χ0n) is 13.3. The van der Waals surface area contributed by atoms with Crippen molar-refractivity contribution in [3.05, 3.63) is 69.0 Å². The number of amides is 1. The maximum atomic E-state index is 12.4. The van der Waals surface area contributed by atoms with Crippen molar-refractivity contribution in [3.63, 3.8) is 0 Å². The molecular formula is C17H10ClN3O6. The maximum Gasteiger partial charge on any atom is 0.337 e. The molecule has 9 nitrogen and oxygen atoms in total. The standard InChI is InChI=1S/C17H10ClN3O6/c18-14-4-8(3-10-12(14)6-19-7-13(10)17(24)25)20-16(23)11-5-9(21(26)27)1-2-15(11)22/h1-7,22H,(H,20,23)(H,24,25). The first kappa shape index (κ1) is 18.1. The lowest BCUT2D eigenvalue weighted by Gasteiger charge is -2.10. The number of aromatic nitrogens is 1. The highest BCUT2D eigenvalue weighted by Gasteiger charge is 2.18. The van der Waals surface area contributed by atoms with Crippen LogP contribution in [0.15, 0.2) is 42.7 Å². The molecule has 0 aliphatic rings. The van der Waals surface area contributed by atoms with E-state index in [1.165, 1.54) is 18.3 Å². The zero-order chi connectivity index (χ0) is 19.7. The summed E-state index contributed by atoms with van der Waals surface area (Å²) in [4.78, 5) is 37.7. The number of phenolic OH excluding ortho intramolecular Hbond substituents is 1. The van der Waals surface area contributed by atoms with Gasteiger partial charge < -0.3 is 15.5 Å². The number of carboxylic acid groups (broad SMARTS) is 1. The molecule has 1 heterocycles. The van der Waals surface area contributed by atoms with E-state index >= 15 is 0 Å². The molecule has 3 aromatic rings. The second-order valence-corrected chi connectivity index (χ2v) is 5.87. The summed E-state index contributed by atoms with van der Waals surface area (Å²) in [7, 11) is 0. The summed E-state index contributed by atoms with van der Waals surface area (Å²) in [5.74, 6) is -2.48. The molecule has 0 unspecified atom stereocenters. The summed E-state index contributed by atoms with van der Waals surface area (Å²) in [5, 5.41) is 33.2. The Morgan fingerprint density at radius 1 is 1.11 bits per heavy atom. The Hall–Kier alpha value is -3.72. The number of carbonyl (C=O) groups is 2. The van der Waals surface area contributed by atoms with E-state index in [1.807, 2.05) is 0 Å². The molecular weight excluding hydrogens is 378 g/mol. The van der Waals surface area contributed by atoms with Crippen molar-refractivity contribution in [3.8, 4) is 5.75 Å². The maximum absolute atomic E-state index is 12.4. The fraction of sp³-hybridized carbons (Fsp3) is 0. The second kappa shape index (κ2) is 6.89. The summed E-state index contributed by atoms with van der Waals surface area (Å²) in [6, 6.07) is 5.79. The van der Waals surface area contributed by atoms with Crippen molar-refractivity contribution in [2.24, 2.45) is 0 Å². The molecule has 0 aliphatic heterocycles. The molecule has 3 N–H and O–H groups in total. The van der Waals surface area contributed by atoms with Crippen molar-refractivity contribution in [2.75, 3.05) is 5.32 Å². The van der Waals surface area contributed by atoms with E-state index in [9.17, 15) is 29.9 Å². The first-order chi connectivity index (χ1) is 12.8. The van der Waals surface area contributed by atoms with Crippen LogP contribution in [0.4, 0.5) is 11.4 Å². The zero-order valence-corrected chi connectivity index (χ0v) is 14.1. The number of halogens is 1. The van der Waals surface area contributed by atoms with E-state index < -0.39 is 22.5 Å². The first-order valence-corrected chi connectivity index (χ1v) is 7.75. The molecule has 0 atom stereocenters. The van der Waals surface area contributed by atoms with Gasteiger partial charge in [-0.2, -0.15) is 0 Å². The lowest BCUT2D eigenvalue weighted by Crippen LogP contribution is -2.12. The number of phenols is 1. The van der Waals surface area contributed by atoms with Crippen molar-refractivity contribution < 1.29 is 24.7 Å². The van der Waals surface area contributed by atoms with Crippen molar-refractivity contribution in [1.82, 2.24) is 4.98 Å². The minimum absolute atomic E-state index is 0.108. The van der Waals surface area contributed by atoms with Crippen LogP contribution >= 0.6 is 11.6 Å². The molecule has 1 aromatic heterocycles. The SMILES string of the molecule is O=C(Nc1cc(Cl)c2cncc(C(=O)O)c2c1)c1cc([N+](=O)[O-])ccc1O. The predicted molar refractivity (Wildman–Crippen MR) is 96.4 cm³/mol. The van der Waals surface area contributed by atoms with Gasteiger partial charge in [0, 0.05) is 41.0 Å². The van der Waals surface area contributed by atoms with Crippen LogP contribution in [0, 0.1) is 10.1 Å². The Bertz CT molecular complexity index is 1120. The van der Waals surface area contributed by atoms with Gasteiger partial charge in [-0.05, 0) is 18.2 Å². The number of benzene rings is 2. The summed E-state index contributed by atoms with van der Waals surface area (Å²) < 4.78 is 0. The van der Waals surface area contributed by atoms with Crippen LogP contribution in [0.3, 0.4) is 0 Å². The van der Waals surface area contributed by atoms with Gasteiger partial charge in [-0.15, -0.1) is 0 Å². The van der Waals surface area contributed by atoms with Gasteiger partial charge in [0.25, 0.3) is 11.6 Å². The number of nitrogens with one attached hydrogen (secondary N) is 1. The van der Waals surface area contributed by atoms with Gasteiger partial charge in [0.2, 0.25) is 0 Å². The van der Waals surface area contributed by atoms with E-state index in [1.54, 1.807) is 0 Å². The number of non-ortho nitro benzene ring substituents is 1. The molecule has 0 saturated heterocycles. The third-order valence-electron chi connectivity index (χ3n) is 3.75. The Labute approximate surface area is 156 Å². The largest absolute Gasteiger partial charge is 0.507 e. The molecule has 3 rings (SSSR count). The minimum Gasteiger partial charge on any atom is -0.507 e. The minimum atomic E-state index is -1.22. The van der Waals surface area contributed by atoms with E-state index in [2.05, 4.69) is 10.3 Å². The Balaban J connectivity index is 2.03. The smallest absolute Gasteiger partial charge is 0.337 e. The summed E-state index contributed by atoms with van der Waals surface area (Å²) in [6.07, 6.45) is 2.54. The van der Waals surface area contributed by atoms with Gasteiger partial charge in [-0.1, -0.05) is 11.6 Å². The number of hydrogen-bond acceptors (Lipinski definition) is 6. The third-order valence-corrected chi connectivity index (χ3v) is 4.06. The Morgan fingerprint density at radius 3 is 2.52 bits per heavy atom. The van der Waals surface area contributed by atoms with E-state index in [-0.39, 0.29) is 32.9 Å². The number of fused-ring (bicyclic) bond motifs is 1. The molecule has 0 radical (unpaired) electrons. The lowest BCUT2D eigenvalue weighted by molar-refractivity contribution is -0.384. The Morgan fingerprint density at radius 2 is 1.85 bits per heavy atom. The average Bonchev–Trinajstić information content (AvgIpc) is 2.61. The van der Waals surface area contributed by atoms with Crippen molar-refractivity contribution >= 4 is 45.6 Å².